The summed E-state index contributed by atoms with van der Waals surface area (Å²) in [6.45, 7) is 0. The molecule has 0 saturated heterocycles. The van der Waals surface area contributed by atoms with Gasteiger partial charge in [0.2, 0.25) is 0 Å². The Kier molecular flexibility index (Phi) is 4.22. The van der Waals surface area contributed by atoms with Crippen LogP contribution in [0, 0.1) is 17.5 Å². The first-order chi connectivity index (χ1) is 14.0. The number of nitrogens with zero attached hydrogens (tertiary/aromatic N) is 3. The summed E-state index contributed by atoms with van der Waals surface area (Å²) in [6.07, 6.45) is 2.33. The molecule has 0 unspecified atom stereocenters. The topological polar surface area (TPSA) is 49.1 Å². The summed E-state index contributed by atoms with van der Waals surface area (Å²) in [5, 5.41) is 4.46. The summed E-state index contributed by atoms with van der Waals surface area (Å²) in [7, 11) is 0. The van der Waals surface area contributed by atoms with Gasteiger partial charge in [-0.2, -0.15) is 5.10 Å². The maximum absolute atomic E-state index is 13.6. The van der Waals surface area contributed by atoms with E-state index in [-0.39, 0.29) is 23.7 Å². The number of rotatable bonds is 4. The highest BCUT2D eigenvalue weighted by molar-refractivity contribution is 5.25. The maximum Gasteiger partial charge on any atom is 0.346 e. The lowest BCUT2D eigenvalue weighted by Crippen LogP contribution is -2.41. The van der Waals surface area contributed by atoms with Gasteiger partial charge in [0.25, 0.3) is 0 Å². The van der Waals surface area contributed by atoms with Crippen molar-refractivity contribution in [1.82, 2.24) is 14.3 Å². The van der Waals surface area contributed by atoms with Crippen LogP contribution in [0.25, 0.3) is 0 Å². The molecule has 5 rings (SSSR count). The first kappa shape index (κ1) is 18.0. The third-order valence-corrected chi connectivity index (χ3v) is 5.66. The van der Waals surface area contributed by atoms with Gasteiger partial charge in [-0.1, -0.05) is 0 Å². The van der Waals surface area contributed by atoms with Gasteiger partial charge in [0.15, 0.2) is 0 Å². The van der Waals surface area contributed by atoms with E-state index >= 15 is 0 Å². The molecule has 0 N–H and O–H groups in total. The van der Waals surface area contributed by atoms with E-state index in [0.717, 1.165) is 6.07 Å². The summed E-state index contributed by atoms with van der Waals surface area (Å²) in [4.78, 5) is 12.9. The number of benzene rings is 2. The fraction of sp³-hybridized carbons (Fsp3) is 0.333. The molecule has 0 radical (unpaired) electrons. The quantitative estimate of drug-likeness (QED) is 0.669. The molecular formula is C21H18F3N3O2. The van der Waals surface area contributed by atoms with E-state index < -0.39 is 17.7 Å². The lowest BCUT2D eigenvalue weighted by Gasteiger charge is -2.34. The highest BCUT2D eigenvalue weighted by Gasteiger charge is 2.37. The third kappa shape index (κ3) is 3.22. The van der Waals surface area contributed by atoms with Crippen LogP contribution in [0.3, 0.4) is 0 Å². The molecule has 5 nitrogen and oxygen atoms in total. The van der Waals surface area contributed by atoms with Crippen LogP contribution in [-0.2, 0) is 6.42 Å². The van der Waals surface area contributed by atoms with Gasteiger partial charge in [0.1, 0.15) is 35.1 Å². The Hall–Kier alpha value is -3.03. The van der Waals surface area contributed by atoms with E-state index in [1.807, 2.05) is 0 Å². The predicted octanol–water partition coefficient (Wildman–Crippen LogP) is 3.78. The van der Waals surface area contributed by atoms with Crippen LogP contribution in [0.15, 0.2) is 47.3 Å². The molecule has 1 aliphatic carbocycles. The minimum Gasteiger partial charge on any atom is -0.490 e. The molecule has 8 heteroatoms. The minimum absolute atomic E-state index is 0.0676. The Bertz CT molecular complexity index is 1100. The Morgan fingerprint density at radius 3 is 2.34 bits per heavy atom. The molecule has 1 aromatic heterocycles. The van der Waals surface area contributed by atoms with Crippen molar-refractivity contribution in [3.8, 4) is 5.75 Å². The van der Waals surface area contributed by atoms with E-state index in [0.29, 0.717) is 42.8 Å². The van der Waals surface area contributed by atoms with Crippen LogP contribution >= 0.6 is 0 Å². The van der Waals surface area contributed by atoms with Crippen LogP contribution in [-0.4, -0.2) is 20.5 Å². The molecule has 2 aromatic carbocycles. The fourth-order valence-corrected chi connectivity index (χ4v) is 4.18. The van der Waals surface area contributed by atoms with Crippen LogP contribution in [0.4, 0.5) is 13.2 Å². The van der Waals surface area contributed by atoms with Crippen molar-refractivity contribution in [2.75, 3.05) is 0 Å². The van der Waals surface area contributed by atoms with Crippen molar-refractivity contribution in [1.29, 1.82) is 0 Å². The molecule has 0 bridgehead atoms. The van der Waals surface area contributed by atoms with E-state index in [1.54, 1.807) is 16.7 Å². The first-order valence-corrected chi connectivity index (χ1v) is 9.56. The molecule has 1 saturated carbocycles. The number of aromatic nitrogens is 3. The third-order valence-electron chi connectivity index (χ3n) is 5.66. The van der Waals surface area contributed by atoms with Crippen LogP contribution in [0.2, 0.25) is 0 Å². The number of halogens is 3. The zero-order valence-corrected chi connectivity index (χ0v) is 15.4. The molecule has 1 fully saturated rings. The molecule has 2 heterocycles. The molecule has 1 atom stereocenters. The molecule has 3 aromatic rings. The van der Waals surface area contributed by atoms with Gasteiger partial charge in [-0.15, -0.1) is 0 Å². The number of hydrogen-bond donors (Lipinski definition) is 0. The molecule has 2 aliphatic rings. The molecule has 29 heavy (non-hydrogen) atoms. The zero-order chi connectivity index (χ0) is 20.1. The predicted molar refractivity (Wildman–Crippen MR) is 98.4 cm³/mol. The Morgan fingerprint density at radius 2 is 1.66 bits per heavy atom. The van der Waals surface area contributed by atoms with Gasteiger partial charge in [0.05, 0.1) is 12.1 Å². The van der Waals surface area contributed by atoms with Gasteiger partial charge < -0.3 is 4.74 Å². The van der Waals surface area contributed by atoms with E-state index in [9.17, 15) is 18.0 Å². The van der Waals surface area contributed by atoms with Gasteiger partial charge in [-0.3, -0.25) is 4.57 Å². The highest BCUT2D eigenvalue weighted by atomic mass is 19.1. The average Bonchev–Trinajstić information content (AvgIpc) is 3.19. The Labute approximate surface area is 164 Å². The lowest BCUT2D eigenvalue weighted by atomic mass is 9.89. The summed E-state index contributed by atoms with van der Waals surface area (Å²) in [6, 6.07) is 8.67. The number of fused-ring (bicyclic) bond motifs is 1. The zero-order valence-electron chi connectivity index (χ0n) is 15.4. The van der Waals surface area contributed by atoms with Crippen LogP contribution < -0.4 is 10.4 Å². The minimum atomic E-state index is -0.659. The SMILES string of the molecule is O=c1n(C2CC(Oc3ccc(F)cc3)C2)nc2n1[C@H](c1cc(F)cc(F)c1)CC2. The number of ether oxygens (including phenoxy) is 1. The largest absolute Gasteiger partial charge is 0.490 e. The summed E-state index contributed by atoms with van der Waals surface area (Å²) in [5.74, 6) is -0.423. The second-order valence-electron chi connectivity index (χ2n) is 7.59. The van der Waals surface area contributed by atoms with Gasteiger partial charge in [-0.05, 0) is 48.4 Å². The summed E-state index contributed by atoms with van der Waals surface area (Å²) in [5.41, 5.74) is 0.173. The van der Waals surface area contributed by atoms with Crippen molar-refractivity contribution in [2.45, 2.75) is 43.9 Å². The molecule has 0 amide bonds. The Morgan fingerprint density at radius 1 is 0.966 bits per heavy atom. The average molecular weight is 401 g/mol. The van der Waals surface area contributed by atoms with Crippen molar-refractivity contribution in [3.63, 3.8) is 0 Å². The van der Waals surface area contributed by atoms with Crippen molar-refractivity contribution in [2.24, 2.45) is 0 Å². The first-order valence-electron chi connectivity index (χ1n) is 9.56. The summed E-state index contributed by atoms with van der Waals surface area (Å²) < 4.78 is 49.0. The molecule has 150 valence electrons. The smallest absolute Gasteiger partial charge is 0.346 e. The highest BCUT2D eigenvalue weighted by Crippen LogP contribution is 2.36. The molecular weight excluding hydrogens is 383 g/mol. The van der Waals surface area contributed by atoms with Gasteiger partial charge in [-0.25, -0.2) is 22.6 Å². The Balaban J connectivity index is 1.33. The van der Waals surface area contributed by atoms with Gasteiger partial charge in [0, 0.05) is 25.3 Å². The second kappa shape index (κ2) is 6.79. The lowest BCUT2D eigenvalue weighted by molar-refractivity contribution is 0.0622. The van der Waals surface area contributed by atoms with E-state index in [4.69, 9.17) is 4.74 Å². The van der Waals surface area contributed by atoms with Crippen LogP contribution in [0.5, 0.6) is 5.75 Å². The fourth-order valence-electron chi connectivity index (χ4n) is 4.18. The number of hydrogen-bond acceptors (Lipinski definition) is 3. The monoisotopic (exact) mass is 401 g/mol. The molecule has 1 aliphatic heterocycles. The number of aryl methyl sites for hydroxylation is 1. The second-order valence-corrected chi connectivity index (χ2v) is 7.59. The van der Waals surface area contributed by atoms with Crippen LogP contribution in [0.1, 0.15) is 42.7 Å². The van der Waals surface area contributed by atoms with Crippen molar-refractivity contribution >= 4 is 0 Å². The van der Waals surface area contributed by atoms with Gasteiger partial charge >= 0.3 is 5.69 Å². The van der Waals surface area contributed by atoms with E-state index in [2.05, 4.69) is 5.10 Å². The van der Waals surface area contributed by atoms with E-state index in [1.165, 1.54) is 28.9 Å². The van der Waals surface area contributed by atoms with Crippen molar-refractivity contribution < 1.29 is 17.9 Å². The normalized spacial score (nSPS) is 22.9. The van der Waals surface area contributed by atoms with Crippen molar-refractivity contribution in [3.05, 3.63) is 81.8 Å². The molecule has 0 spiro atoms. The summed E-state index contributed by atoms with van der Waals surface area (Å²) >= 11 is 0. The standard InChI is InChI=1S/C21H18F3N3O2/c22-13-1-3-17(4-2-13)29-18-10-16(11-18)27-21(28)26-19(5-6-20(26)25-27)12-7-14(23)9-15(24)8-12/h1-4,7-9,16,18-19H,5-6,10-11H2/t16?,18?,19-/m0/s1. The maximum atomic E-state index is 13.6.